The number of ether oxygens (including phenoxy) is 1. The summed E-state index contributed by atoms with van der Waals surface area (Å²) in [6.45, 7) is 1.61. The van der Waals surface area contributed by atoms with Crippen LogP contribution in [0.15, 0.2) is 6.20 Å². The molecule has 0 bridgehead atoms. The zero-order valence-corrected chi connectivity index (χ0v) is 7.90. The highest BCUT2D eigenvalue weighted by atomic mass is 35.5. The summed E-state index contributed by atoms with van der Waals surface area (Å²) >= 11 is 5.68. The number of aromatic nitrogens is 1. The minimum atomic E-state index is -2.65. The Morgan fingerprint density at radius 3 is 2.62 bits per heavy atom. The van der Waals surface area contributed by atoms with Crippen LogP contribution >= 0.6 is 11.6 Å². The van der Waals surface area contributed by atoms with Crippen LogP contribution in [0.1, 0.15) is 17.7 Å². The molecule has 72 valence electrons. The summed E-state index contributed by atoms with van der Waals surface area (Å²) in [5.41, 5.74) is 0.110. The van der Waals surface area contributed by atoms with E-state index in [4.69, 9.17) is 16.3 Å². The van der Waals surface area contributed by atoms with Gasteiger partial charge >= 0.3 is 0 Å². The SMILES string of the molecule is COc1c(C(F)F)ncc(Cl)c1C. The number of pyridine rings is 1. The van der Waals surface area contributed by atoms with E-state index in [0.717, 1.165) is 0 Å². The maximum atomic E-state index is 12.3. The molecule has 0 atom stereocenters. The van der Waals surface area contributed by atoms with Crippen molar-refractivity contribution in [1.29, 1.82) is 0 Å². The molecule has 1 aromatic heterocycles. The van der Waals surface area contributed by atoms with E-state index < -0.39 is 6.43 Å². The first-order valence-corrected chi connectivity index (χ1v) is 3.92. The lowest BCUT2D eigenvalue weighted by Gasteiger charge is -2.10. The molecule has 0 saturated carbocycles. The Balaban J connectivity index is 3.30. The number of nitrogens with zero attached hydrogens (tertiary/aromatic N) is 1. The van der Waals surface area contributed by atoms with Crippen molar-refractivity contribution in [2.24, 2.45) is 0 Å². The topological polar surface area (TPSA) is 22.1 Å². The standard InChI is InChI=1S/C8H8ClF2NO/c1-4-5(9)3-12-6(8(10)11)7(4)13-2/h3,8H,1-2H3. The third-order valence-electron chi connectivity index (χ3n) is 1.66. The molecule has 0 amide bonds. The van der Waals surface area contributed by atoms with Crippen molar-refractivity contribution in [3.05, 3.63) is 22.5 Å². The van der Waals surface area contributed by atoms with E-state index in [9.17, 15) is 8.78 Å². The van der Waals surface area contributed by atoms with Gasteiger partial charge in [-0.25, -0.2) is 13.8 Å². The van der Waals surface area contributed by atoms with Gasteiger partial charge in [0.15, 0.2) is 5.75 Å². The fourth-order valence-corrected chi connectivity index (χ4v) is 1.13. The fraction of sp³-hybridized carbons (Fsp3) is 0.375. The number of methoxy groups -OCH3 is 1. The van der Waals surface area contributed by atoms with Crippen molar-refractivity contribution in [3.8, 4) is 5.75 Å². The number of alkyl halides is 2. The van der Waals surface area contributed by atoms with E-state index in [2.05, 4.69) is 4.98 Å². The average Bonchev–Trinajstić information content (AvgIpc) is 2.09. The highest BCUT2D eigenvalue weighted by Gasteiger charge is 2.18. The lowest BCUT2D eigenvalue weighted by Crippen LogP contribution is -1.98. The smallest absolute Gasteiger partial charge is 0.284 e. The minimum absolute atomic E-state index is 0.0579. The van der Waals surface area contributed by atoms with E-state index >= 15 is 0 Å². The van der Waals surface area contributed by atoms with Crippen LogP contribution in [0.4, 0.5) is 8.78 Å². The van der Waals surface area contributed by atoms with Crippen LogP contribution in [0.25, 0.3) is 0 Å². The molecule has 13 heavy (non-hydrogen) atoms. The number of halogens is 3. The first-order valence-electron chi connectivity index (χ1n) is 3.55. The Morgan fingerprint density at radius 2 is 2.15 bits per heavy atom. The Bertz CT molecular complexity index is 317. The number of hydrogen-bond acceptors (Lipinski definition) is 2. The monoisotopic (exact) mass is 207 g/mol. The molecule has 0 spiro atoms. The third kappa shape index (κ3) is 1.88. The van der Waals surface area contributed by atoms with Gasteiger partial charge in [-0.3, -0.25) is 0 Å². The Morgan fingerprint density at radius 1 is 1.54 bits per heavy atom. The van der Waals surface area contributed by atoms with Crippen LogP contribution < -0.4 is 4.74 Å². The second-order valence-corrected chi connectivity index (χ2v) is 2.86. The summed E-state index contributed by atoms with van der Waals surface area (Å²) in [5.74, 6) is 0.0579. The van der Waals surface area contributed by atoms with Gasteiger partial charge in [0.05, 0.1) is 12.1 Å². The first kappa shape index (κ1) is 10.2. The summed E-state index contributed by atoms with van der Waals surface area (Å²) in [5, 5.41) is 0.321. The molecule has 0 aliphatic carbocycles. The van der Waals surface area contributed by atoms with E-state index in [-0.39, 0.29) is 11.4 Å². The maximum Gasteiger partial charge on any atom is 0.284 e. The average molecular weight is 208 g/mol. The van der Waals surface area contributed by atoms with Crippen LogP contribution in [0.5, 0.6) is 5.75 Å². The maximum absolute atomic E-state index is 12.3. The van der Waals surface area contributed by atoms with Crippen molar-refractivity contribution in [2.75, 3.05) is 7.11 Å². The van der Waals surface area contributed by atoms with Gasteiger partial charge in [-0.1, -0.05) is 11.6 Å². The third-order valence-corrected chi connectivity index (χ3v) is 2.04. The zero-order valence-electron chi connectivity index (χ0n) is 7.14. The number of rotatable bonds is 2. The second kappa shape index (κ2) is 3.87. The van der Waals surface area contributed by atoms with Gasteiger partial charge in [-0.15, -0.1) is 0 Å². The highest BCUT2D eigenvalue weighted by molar-refractivity contribution is 6.31. The molecule has 5 heteroatoms. The lowest BCUT2D eigenvalue weighted by molar-refractivity contribution is 0.141. The largest absolute Gasteiger partial charge is 0.494 e. The van der Waals surface area contributed by atoms with Crippen molar-refractivity contribution in [1.82, 2.24) is 4.98 Å². The molecule has 0 fully saturated rings. The van der Waals surface area contributed by atoms with Crippen LogP contribution in [-0.4, -0.2) is 12.1 Å². The minimum Gasteiger partial charge on any atom is -0.494 e. The van der Waals surface area contributed by atoms with Gasteiger partial charge in [0.25, 0.3) is 6.43 Å². The van der Waals surface area contributed by atoms with Crippen molar-refractivity contribution in [3.63, 3.8) is 0 Å². The van der Waals surface area contributed by atoms with E-state index in [1.54, 1.807) is 6.92 Å². The normalized spacial score (nSPS) is 10.6. The molecule has 0 radical (unpaired) electrons. The van der Waals surface area contributed by atoms with Crippen molar-refractivity contribution in [2.45, 2.75) is 13.3 Å². The molecule has 2 nitrogen and oxygen atoms in total. The second-order valence-electron chi connectivity index (χ2n) is 2.45. The summed E-state index contributed by atoms with van der Waals surface area (Å²) in [6.07, 6.45) is -1.45. The fourth-order valence-electron chi connectivity index (χ4n) is 0.995. The molecule has 1 aromatic rings. The van der Waals surface area contributed by atoms with E-state index in [1.807, 2.05) is 0 Å². The van der Waals surface area contributed by atoms with Gasteiger partial charge < -0.3 is 4.74 Å². The highest BCUT2D eigenvalue weighted by Crippen LogP contribution is 2.33. The predicted octanol–water partition coefficient (Wildman–Crippen LogP) is 2.99. The zero-order chi connectivity index (χ0) is 10.0. The van der Waals surface area contributed by atoms with Gasteiger partial charge in [0.1, 0.15) is 5.69 Å². The Labute approximate surface area is 79.5 Å². The van der Waals surface area contributed by atoms with Crippen LogP contribution in [0.3, 0.4) is 0 Å². The summed E-state index contributed by atoms with van der Waals surface area (Å²) in [7, 11) is 1.31. The quantitative estimate of drug-likeness (QED) is 0.744. The predicted molar refractivity (Wildman–Crippen MR) is 45.5 cm³/mol. The molecule has 1 rings (SSSR count). The Kier molecular flexibility index (Phi) is 3.03. The summed E-state index contributed by atoms with van der Waals surface area (Å²) in [4.78, 5) is 3.50. The lowest BCUT2D eigenvalue weighted by atomic mass is 10.2. The molecule has 1 heterocycles. The molecule has 0 saturated heterocycles. The van der Waals surface area contributed by atoms with Gasteiger partial charge in [-0.05, 0) is 6.92 Å². The van der Waals surface area contributed by atoms with Crippen LogP contribution in [-0.2, 0) is 0 Å². The molecule has 0 aromatic carbocycles. The molecule has 0 aliphatic rings. The molecular formula is C8H8ClF2NO. The molecular weight excluding hydrogens is 200 g/mol. The van der Waals surface area contributed by atoms with E-state index in [1.165, 1.54) is 13.3 Å². The van der Waals surface area contributed by atoms with Gasteiger partial charge in [0.2, 0.25) is 0 Å². The number of hydrogen-bond donors (Lipinski definition) is 0. The van der Waals surface area contributed by atoms with Crippen LogP contribution in [0.2, 0.25) is 5.02 Å². The van der Waals surface area contributed by atoms with Gasteiger partial charge in [-0.2, -0.15) is 0 Å². The summed E-state index contributed by atoms with van der Waals surface area (Å²) in [6, 6.07) is 0. The molecule has 0 N–H and O–H groups in total. The Hall–Kier alpha value is -0.900. The first-order chi connectivity index (χ1) is 6.07. The summed E-state index contributed by atoms with van der Waals surface area (Å²) < 4.78 is 29.5. The van der Waals surface area contributed by atoms with Crippen molar-refractivity contribution < 1.29 is 13.5 Å². The molecule has 0 unspecified atom stereocenters. The van der Waals surface area contributed by atoms with Gasteiger partial charge in [0, 0.05) is 11.8 Å². The van der Waals surface area contributed by atoms with E-state index in [0.29, 0.717) is 10.6 Å². The van der Waals surface area contributed by atoms with Crippen molar-refractivity contribution >= 4 is 11.6 Å². The van der Waals surface area contributed by atoms with Crippen LogP contribution in [0, 0.1) is 6.92 Å². The molecule has 0 aliphatic heterocycles.